The van der Waals surface area contributed by atoms with E-state index in [4.69, 9.17) is 0 Å². The molecule has 0 saturated carbocycles. The zero-order chi connectivity index (χ0) is 25.0. The van der Waals surface area contributed by atoms with E-state index in [9.17, 15) is 21.6 Å². The zero-order valence-electron chi connectivity index (χ0n) is 19.2. The molecular formula is C27H25F3N2O2S. The van der Waals surface area contributed by atoms with Gasteiger partial charge in [-0.25, -0.2) is 8.42 Å². The third-order valence-corrected chi connectivity index (χ3v) is 8.31. The number of halogens is 3. The van der Waals surface area contributed by atoms with Crippen molar-refractivity contribution in [3.8, 4) is 0 Å². The number of para-hydroxylation sites is 1. The van der Waals surface area contributed by atoms with Crippen LogP contribution in [0.4, 0.5) is 24.5 Å². The molecule has 35 heavy (non-hydrogen) atoms. The highest BCUT2D eigenvalue weighted by atomic mass is 32.2. The first-order valence-corrected chi connectivity index (χ1v) is 12.9. The molecule has 0 spiro atoms. The minimum absolute atomic E-state index is 0.119. The number of allylic oxidation sites excluding steroid dienone is 2. The lowest BCUT2D eigenvalue weighted by molar-refractivity contribution is -0.138. The molecule has 5 rings (SSSR count). The van der Waals surface area contributed by atoms with Crippen molar-refractivity contribution in [3.63, 3.8) is 0 Å². The van der Waals surface area contributed by atoms with Gasteiger partial charge in [-0.2, -0.15) is 13.2 Å². The van der Waals surface area contributed by atoms with Gasteiger partial charge in [0.05, 0.1) is 22.2 Å². The minimum atomic E-state index is -4.46. The summed E-state index contributed by atoms with van der Waals surface area (Å²) in [4.78, 5) is 0.119. The van der Waals surface area contributed by atoms with Gasteiger partial charge in [0.2, 0.25) is 0 Å². The molecule has 1 heterocycles. The molecule has 0 fully saturated rings. The van der Waals surface area contributed by atoms with Crippen LogP contribution < -0.4 is 10.0 Å². The van der Waals surface area contributed by atoms with Crippen molar-refractivity contribution in [2.75, 3.05) is 10.0 Å². The molecule has 3 atom stereocenters. The van der Waals surface area contributed by atoms with Crippen LogP contribution in [0.15, 0.2) is 77.7 Å². The smallest absolute Gasteiger partial charge is 0.378 e. The highest BCUT2D eigenvalue weighted by Crippen LogP contribution is 2.51. The molecule has 0 saturated heterocycles. The normalized spacial score (nSPS) is 21.2. The lowest BCUT2D eigenvalue weighted by atomic mass is 9.76. The van der Waals surface area contributed by atoms with Gasteiger partial charge in [-0.05, 0) is 72.7 Å². The van der Waals surface area contributed by atoms with Crippen LogP contribution in [-0.4, -0.2) is 8.42 Å². The number of fused-ring (bicyclic) bond motifs is 3. The van der Waals surface area contributed by atoms with Crippen LogP contribution in [0.25, 0.3) is 0 Å². The number of nitrogens with one attached hydrogen (secondary N) is 2. The lowest BCUT2D eigenvalue weighted by Crippen LogP contribution is -2.31. The van der Waals surface area contributed by atoms with Gasteiger partial charge in [0.25, 0.3) is 10.0 Å². The molecule has 2 aliphatic rings. The molecule has 0 unspecified atom stereocenters. The molecule has 1 aliphatic carbocycles. The topological polar surface area (TPSA) is 58.2 Å². The van der Waals surface area contributed by atoms with E-state index in [-0.39, 0.29) is 22.3 Å². The first-order valence-electron chi connectivity index (χ1n) is 11.4. The molecule has 3 aromatic carbocycles. The van der Waals surface area contributed by atoms with Crippen molar-refractivity contribution in [2.24, 2.45) is 5.92 Å². The van der Waals surface area contributed by atoms with Gasteiger partial charge in [-0.3, -0.25) is 4.72 Å². The second kappa shape index (κ2) is 8.45. The van der Waals surface area contributed by atoms with Gasteiger partial charge >= 0.3 is 6.18 Å². The molecule has 2 N–H and O–H groups in total. The van der Waals surface area contributed by atoms with E-state index in [2.05, 4.69) is 10.0 Å². The molecule has 3 aromatic rings. The number of alkyl halides is 3. The van der Waals surface area contributed by atoms with E-state index in [1.54, 1.807) is 18.2 Å². The molecule has 0 radical (unpaired) electrons. The van der Waals surface area contributed by atoms with Crippen molar-refractivity contribution in [1.82, 2.24) is 0 Å². The van der Waals surface area contributed by atoms with E-state index in [1.165, 1.54) is 18.2 Å². The average Bonchev–Trinajstić information content (AvgIpc) is 3.30. The predicted molar refractivity (Wildman–Crippen MR) is 131 cm³/mol. The third-order valence-electron chi connectivity index (χ3n) is 6.96. The van der Waals surface area contributed by atoms with Crippen LogP contribution in [0.2, 0.25) is 0 Å². The summed E-state index contributed by atoms with van der Waals surface area (Å²) in [5.41, 5.74) is 3.16. The Morgan fingerprint density at radius 1 is 0.943 bits per heavy atom. The van der Waals surface area contributed by atoms with Crippen LogP contribution >= 0.6 is 0 Å². The SMILES string of the molecule is Cc1cccc(C)c1NS(=O)(=O)c1ccc2c(c1)[C@@H]1C=CC[C@@H]1[C@H](c1ccccc1C(F)(F)F)N2. The average molecular weight is 499 g/mol. The summed E-state index contributed by atoms with van der Waals surface area (Å²) in [5.74, 6) is -0.344. The van der Waals surface area contributed by atoms with Crippen LogP contribution in [0.3, 0.4) is 0 Å². The Morgan fingerprint density at radius 3 is 2.37 bits per heavy atom. The quantitative estimate of drug-likeness (QED) is 0.383. The fourth-order valence-corrected chi connectivity index (χ4v) is 6.48. The van der Waals surface area contributed by atoms with Crippen LogP contribution in [0, 0.1) is 19.8 Å². The highest BCUT2D eigenvalue weighted by Gasteiger charge is 2.42. The summed E-state index contributed by atoms with van der Waals surface area (Å²) in [6.07, 6.45) is 0.0806. The van der Waals surface area contributed by atoms with Gasteiger partial charge in [0.1, 0.15) is 0 Å². The Labute approximate surface area is 202 Å². The number of sulfonamides is 1. The summed E-state index contributed by atoms with van der Waals surface area (Å²) >= 11 is 0. The summed E-state index contributed by atoms with van der Waals surface area (Å²) in [7, 11) is -3.86. The number of rotatable bonds is 4. The summed E-state index contributed by atoms with van der Waals surface area (Å²) in [6, 6.07) is 15.4. The second-order valence-corrected chi connectivity index (χ2v) is 10.9. The predicted octanol–water partition coefficient (Wildman–Crippen LogP) is 6.95. The Morgan fingerprint density at radius 2 is 1.66 bits per heavy atom. The number of aryl methyl sites for hydroxylation is 2. The monoisotopic (exact) mass is 498 g/mol. The number of benzene rings is 3. The van der Waals surface area contributed by atoms with Crippen molar-refractivity contribution >= 4 is 21.4 Å². The maximum absolute atomic E-state index is 13.7. The second-order valence-electron chi connectivity index (χ2n) is 9.18. The number of hydrogen-bond acceptors (Lipinski definition) is 3. The molecule has 8 heteroatoms. The maximum Gasteiger partial charge on any atom is 0.416 e. The van der Waals surface area contributed by atoms with E-state index in [1.807, 2.05) is 44.2 Å². The Balaban J connectivity index is 1.53. The molecule has 182 valence electrons. The van der Waals surface area contributed by atoms with E-state index >= 15 is 0 Å². The van der Waals surface area contributed by atoms with Crippen LogP contribution in [0.1, 0.15) is 46.2 Å². The Kier molecular flexibility index (Phi) is 5.67. The molecule has 1 aliphatic heterocycles. The molecule has 0 bridgehead atoms. The van der Waals surface area contributed by atoms with E-state index < -0.39 is 27.8 Å². The fourth-order valence-electron chi connectivity index (χ4n) is 5.24. The zero-order valence-corrected chi connectivity index (χ0v) is 20.0. The molecule has 0 aromatic heterocycles. The Bertz CT molecular complexity index is 1410. The third kappa shape index (κ3) is 4.20. The number of anilines is 2. The minimum Gasteiger partial charge on any atom is -0.378 e. The van der Waals surface area contributed by atoms with Crippen molar-refractivity contribution < 1.29 is 21.6 Å². The summed E-state index contributed by atoms with van der Waals surface area (Å²) < 4.78 is 70.4. The van der Waals surface area contributed by atoms with Crippen molar-refractivity contribution in [1.29, 1.82) is 0 Å². The van der Waals surface area contributed by atoms with Gasteiger partial charge in [0, 0.05) is 11.6 Å². The van der Waals surface area contributed by atoms with Gasteiger partial charge in [-0.15, -0.1) is 0 Å². The molecule has 4 nitrogen and oxygen atoms in total. The van der Waals surface area contributed by atoms with Crippen molar-refractivity contribution in [3.05, 3.63) is 101 Å². The first-order chi connectivity index (χ1) is 16.6. The van der Waals surface area contributed by atoms with Crippen LogP contribution in [0.5, 0.6) is 0 Å². The largest absolute Gasteiger partial charge is 0.416 e. The van der Waals surface area contributed by atoms with Gasteiger partial charge in [0.15, 0.2) is 0 Å². The standard InChI is InChI=1S/C27H25F3N2O2S/c1-16-7-5-8-17(2)25(16)32-35(33,34)18-13-14-24-22(15-18)19-10-6-11-20(19)26(31-24)21-9-3-4-12-23(21)27(28,29)30/h3-10,12-15,19-20,26,31-32H,11H2,1-2H3/t19-,20+,26-/m1/s1. The van der Waals surface area contributed by atoms with E-state index in [0.29, 0.717) is 17.8 Å². The van der Waals surface area contributed by atoms with E-state index in [0.717, 1.165) is 22.8 Å². The highest BCUT2D eigenvalue weighted by molar-refractivity contribution is 7.92. The number of hydrogen-bond donors (Lipinski definition) is 2. The first kappa shape index (κ1) is 23.5. The van der Waals surface area contributed by atoms with Crippen LogP contribution in [-0.2, 0) is 16.2 Å². The fraction of sp³-hybridized carbons (Fsp3) is 0.259. The molecule has 0 amide bonds. The molecular weight excluding hydrogens is 473 g/mol. The van der Waals surface area contributed by atoms with Gasteiger partial charge in [-0.1, -0.05) is 48.6 Å². The lowest BCUT2D eigenvalue weighted by Gasteiger charge is -2.38. The summed E-state index contributed by atoms with van der Waals surface area (Å²) in [5, 5.41) is 3.29. The summed E-state index contributed by atoms with van der Waals surface area (Å²) in [6.45, 7) is 3.68. The maximum atomic E-state index is 13.7. The van der Waals surface area contributed by atoms with Crippen molar-refractivity contribution in [2.45, 2.75) is 43.3 Å². The van der Waals surface area contributed by atoms with Gasteiger partial charge < -0.3 is 5.32 Å². The Hall–Kier alpha value is -3.26.